The Morgan fingerprint density at radius 2 is 2.11 bits per heavy atom. The molecule has 2 saturated heterocycles. The number of hydrogen-bond donors (Lipinski definition) is 2. The Kier molecular flexibility index (Phi) is 4.84. The van der Waals surface area contributed by atoms with E-state index in [1.807, 2.05) is 0 Å². The molecule has 5 nitrogen and oxygen atoms in total. The van der Waals surface area contributed by atoms with E-state index in [0.29, 0.717) is 18.9 Å². The van der Waals surface area contributed by atoms with Gasteiger partial charge in [-0.25, -0.2) is 8.42 Å². The molecule has 3 unspecified atom stereocenters. The molecule has 110 valence electrons. The Morgan fingerprint density at radius 3 is 2.74 bits per heavy atom. The summed E-state index contributed by atoms with van der Waals surface area (Å²) in [5.41, 5.74) is 0. The molecule has 2 rings (SSSR count). The van der Waals surface area contributed by atoms with E-state index >= 15 is 0 Å². The second kappa shape index (κ2) is 6.22. The van der Waals surface area contributed by atoms with Crippen molar-refractivity contribution in [3.05, 3.63) is 0 Å². The van der Waals surface area contributed by atoms with Crippen LogP contribution in [0.5, 0.6) is 0 Å². The van der Waals surface area contributed by atoms with Crippen LogP contribution in [0.1, 0.15) is 32.6 Å². The molecule has 2 heterocycles. The Hall–Kier alpha value is -0.620. The lowest BCUT2D eigenvalue weighted by molar-refractivity contribution is -0.124. The lowest BCUT2D eigenvalue weighted by atomic mass is 9.90. The molecule has 19 heavy (non-hydrogen) atoms. The first-order valence-corrected chi connectivity index (χ1v) is 9.04. The molecule has 1 amide bonds. The lowest BCUT2D eigenvalue weighted by Gasteiger charge is -2.29. The smallest absolute Gasteiger partial charge is 0.237 e. The maximum atomic E-state index is 12.1. The Bertz CT molecular complexity index is 422. The first kappa shape index (κ1) is 14.8. The Labute approximate surface area is 115 Å². The summed E-state index contributed by atoms with van der Waals surface area (Å²) in [5, 5.41) is 6.16. The van der Waals surface area contributed by atoms with Gasteiger partial charge in [0, 0.05) is 6.54 Å². The average Bonchev–Trinajstić information content (AvgIpc) is 2.75. The summed E-state index contributed by atoms with van der Waals surface area (Å²) < 4.78 is 22.7. The molecule has 3 atom stereocenters. The molecule has 0 bridgehead atoms. The largest absolute Gasteiger partial charge is 0.354 e. The zero-order chi connectivity index (χ0) is 13.9. The van der Waals surface area contributed by atoms with Gasteiger partial charge in [-0.1, -0.05) is 13.3 Å². The van der Waals surface area contributed by atoms with Crippen molar-refractivity contribution in [3.8, 4) is 0 Å². The number of hydrogen-bond acceptors (Lipinski definition) is 4. The monoisotopic (exact) mass is 288 g/mol. The molecule has 2 aliphatic heterocycles. The number of piperidine rings is 1. The fourth-order valence-electron chi connectivity index (χ4n) is 2.97. The summed E-state index contributed by atoms with van der Waals surface area (Å²) in [6.45, 7) is 3.55. The van der Waals surface area contributed by atoms with Crippen LogP contribution in [-0.4, -0.2) is 45.0 Å². The van der Waals surface area contributed by atoms with Gasteiger partial charge in [0.05, 0.1) is 17.5 Å². The summed E-state index contributed by atoms with van der Waals surface area (Å²) in [6, 6.07) is -0.100. The minimum Gasteiger partial charge on any atom is -0.354 e. The third-order valence-electron chi connectivity index (χ3n) is 4.30. The van der Waals surface area contributed by atoms with Crippen molar-refractivity contribution in [2.24, 2.45) is 11.8 Å². The molecule has 2 fully saturated rings. The average molecular weight is 288 g/mol. The van der Waals surface area contributed by atoms with Gasteiger partial charge in [-0.2, -0.15) is 0 Å². The number of carbonyl (C=O) groups is 1. The van der Waals surface area contributed by atoms with Crippen molar-refractivity contribution in [2.45, 2.75) is 38.6 Å². The number of amides is 1. The third kappa shape index (κ3) is 4.18. The van der Waals surface area contributed by atoms with Gasteiger partial charge in [-0.15, -0.1) is 0 Å². The van der Waals surface area contributed by atoms with Crippen LogP contribution in [0.2, 0.25) is 0 Å². The van der Waals surface area contributed by atoms with Gasteiger partial charge in [-0.05, 0) is 37.6 Å². The summed E-state index contributed by atoms with van der Waals surface area (Å²) in [6.07, 6.45) is 3.83. The van der Waals surface area contributed by atoms with Gasteiger partial charge in [-0.3, -0.25) is 4.79 Å². The number of rotatable bonds is 4. The van der Waals surface area contributed by atoms with E-state index < -0.39 is 9.84 Å². The highest BCUT2D eigenvalue weighted by Gasteiger charge is 2.30. The van der Waals surface area contributed by atoms with Crippen molar-refractivity contribution in [1.82, 2.24) is 10.6 Å². The number of nitrogens with one attached hydrogen (secondary N) is 2. The molecule has 2 N–H and O–H groups in total. The predicted octanol–water partition coefficient (Wildman–Crippen LogP) is 0.316. The van der Waals surface area contributed by atoms with E-state index in [4.69, 9.17) is 0 Å². The van der Waals surface area contributed by atoms with Crippen LogP contribution in [0.3, 0.4) is 0 Å². The second-order valence-corrected chi connectivity index (χ2v) is 8.05. The Morgan fingerprint density at radius 1 is 1.32 bits per heavy atom. The zero-order valence-corrected chi connectivity index (χ0v) is 12.3. The van der Waals surface area contributed by atoms with Crippen molar-refractivity contribution in [3.63, 3.8) is 0 Å². The van der Waals surface area contributed by atoms with Crippen LogP contribution >= 0.6 is 0 Å². The van der Waals surface area contributed by atoms with Gasteiger partial charge in [0.1, 0.15) is 0 Å². The van der Waals surface area contributed by atoms with E-state index in [9.17, 15) is 13.2 Å². The summed E-state index contributed by atoms with van der Waals surface area (Å²) in [7, 11) is -2.85. The maximum Gasteiger partial charge on any atom is 0.237 e. The Balaban J connectivity index is 1.75. The van der Waals surface area contributed by atoms with E-state index in [2.05, 4.69) is 17.6 Å². The van der Waals surface area contributed by atoms with Crippen LogP contribution in [0, 0.1) is 11.8 Å². The highest BCUT2D eigenvalue weighted by atomic mass is 32.2. The van der Waals surface area contributed by atoms with Gasteiger partial charge in [0.15, 0.2) is 9.84 Å². The van der Waals surface area contributed by atoms with Crippen molar-refractivity contribution in [1.29, 1.82) is 0 Å². The van der Waals surface area contributed by atoms with E-state index in [1.165, 1.54) is 0 Å². The SMILES string of the molecule is CCC1CCNC(C(=O)NCC2CCS(=O)(=O)C2)C1. The normalized spacial score (nSPS) is 34.1. The van der Waals surface area contributed by atoms with E-state index in [-0.39, 0.29) is 29.4 Å². The number of carbonyl (C=O) groups excluding carboxylic acids is 1. The van der Waals surface area contributed by atoms with E-state index in [1.54, 1.807) is 0 Å². The van der Waals surface area contributed by atoms with Crippen LogP contribution in [0.15, 0.2) is 0 Å². The van der Waals surface area contributed by atoms with Crippen molar-refractivity contribution in [2.75, 3.05) is 24.6 Å². The second-order valence-electron chi connectivity index (χ2n) is 5.82. The lowest BCUT2D eigenvalue weighted by Crippen LogP contribution is -2.49. The molecule has 0 aromatic rings. The van der Waals surface area contributed by atoms with Gasteiger partial charge in [0.2, 0.25) is 5.91 Å². The highest BCUT2D eigenvalue weighted by Crippen LogP contribution is 2.20. The van der Waals surface area contributed by atoms with Crippen LogP contribution in [-0.2, 0) is 14.6 Å². The van der Waals surface area contributed by atoms with Gasteiger partial charge >= 0.3 is 0 Å². The fourth-order valence-corrected chi connectivity index (χ4v) is 4.83. The molecule has 0 aliphatic carbocycles. The molecular weight excluding hydrogens is 264 g/mol. The van der Waals surface area contributed by atoms with Crippen molar-refractivity contribution < 1.29 is 13.2 Å². The van der Waals surface area contributed by atoms with Gasteiger partial charge in [0.25, 0.3) is 0 Å². The molecule has 0 spiro atoms. The molecule has 0 radical (unpaired) electrons. The highest BCUT2D eigenvalue weighted by molar-refractivity contribution is 7.91. The zero-order valence-electron chi connectivity index (χ0n) is 11.5. The van der Waals surface area contributed by atoms with Crippen LogP contribution in [0.25, 0.3) is 0 Å². The summed E-state index contributed by atoms with van der Waals surface area (Å²) in [5.74, 6) is 1.25. The summed E-state index contributed by atoms with van der Waals surface area (Å²) in [4.78, 5) is 12.1. The topological polar surface area (TPSA) is 75.3 Å². The molecule has 0 saturated carbocycles. The summed E-state index contributed by atoms with van der Waals surface area (Å²) >= 11 is 0. The predicted molar refractivity (Wildman–Crippen MR) is 74.6 cm³/mol. The van der Waals surface area contributed by atoms with Crippen molar-refractivity contribution >= 4 is 15.7 Å². The van der Waals surface area contributed by atoms with E-state index in [0.717, 1.165) is 25.8 Å². The molecular formula is C13H24N2O3S. The maximum absolute atomic E-state index is 12.1. The standard InChI is InChI=1S/C13H24N2O3S/c1-2-10-3-5-14-12(7-10)13(16)15-8-11-4-6-19(17,18)9-11/h10-12,14H,2-9H2,1H3,(H,15,16). The molecule has 0 aromatic heterocycles. The number of sulfone groups is 1. The van der Waals surface area contributed by atoms with Gasteiger partial charge < -0.3 is 10.6 Å². The molecule has 6 heteroatoms. The first-order chi connectivity index (χ1) is 9.00. The fraction of sp³-hybridized carbons (Fsp3) is 0.923. The first-order valence-electron chi connectivity index (χ1n) is 7.21. The van der Waals surface area contributed by atoms with Crippen LogP contribution < -0.4 is 10.6 Å². The minimum absolute atomic E-state index is 0.0300. The minimum atomic E-state index is -2.85. The molecule has 0 aromatic carbocycles. The quantitative estimate of drug-likeness (QED) is 0.781. The van der Waals surface area contributed by atoms with Crippen LogP contribution in [0.4, 0.5) is 0 Å². The molecule has 2 aliphatic rings. The third-order valence-corrected chi connectivity index (χ3v) is 6.13.